The summed E-state index contributed by atoms with van der Waals surface area (Å²) in [6.07, 6.45) is 1.77. The van der Waals surface area contributed by atoms with Crippen LogP contribution in [-0.2, 0) is 14.4 Å². The van der Waals surface area contributed by atoms with Gasteiger partial charge < -0.3 is 9.64 Å². The van der Waals surface area contributed by atoms with Gasteiger partial charge in [0.2, 0.25) is 5.91 Å². The molecule has 26 heavy (non-hydrogen) atoms. The summed E-state index contributed by atoms with van der Waals surface area (Å²) < 4.78 is 5.21. The van der Waals surface area contributed by atoms with Crippen LogP contribution in [0.15, 0.2) is 48.5 Å². The van der Waals surface area contributed by atoms with E-state index in [0.29, 0.717) is 6.42 Å². The summed E-state index contributed by atoms with van der Waals surface area (Å²) in [5.74, 6) is 1.27. The van der Waals surface area contributed by atoms with Crippen molar-refractivity contribution in [3.05, 3.63) is 59.7 Å². The number of rotatable bonds is 4. The molecule has 1 amide bonds. The maximum atomic E-state index is 12.6. The molecule has 0 N–H and O–H groups in total. The summed E-state index contributed by atoms with van der Waals surface area (Å²) in [4.78, 5) is 30.9. The Labute approximate surface area is 153 Å². The van der Waals surface area contributed by atoms with Crippen LogP contribution >= 0.6 is 0 Å². The highest BCUT2D eigenvalue weighted by molar-refractivity contribution is 5.97. The Morgan fingerprint density at radius 1 is 1.08 bits per heavy atom. The lowest BCUT2D eigenvalue weighted by Gasteiger charge is -2.27. The summed E-state index contributed by atoms with van der Waals surface area (Å²) in [5.41, 5.74) is 3.46. The highest BCUT2D eigenvalue weighted by Gasteiger charge is 2.40. The first-order valence-corrected chi connectivity index (χ1v) is 8.57. The average molecular weight is 353 g/mol. The standard InChI is InChI=1S/C20H23NO2.CO2/c1-4-19-18(15-7-5-14(2)6-8-15)13-20(22)21(19)16-9-11-17(23-3)12-10-16;2-1-3/h5-12,18-19H,4,13H2,1-3H3;/t18-,19-;/m0./s1. The fraction of sp³-hybridized carbons (Fsp3) is 0.333. The Hall–Kier alpha value is -2.91. The van der Waals surface area contributed by atoms with Gasteiger partial charge in [0.25, 0.3) is 0 Å². The lowest BCUT2D eigenvalue weighted by molar-refractivity contribution is -0.191. The van der Waals surface area contributed by atoms with Crippen LogP contribution in [0.25, 0.3) is 0 Å². The molecule has 0 saturated carbocycles. The van der Waals surface area contributed by atoms with E-state index in [9.17, 15) is 4.79 Å². The third kappa shape index (κ3) is 4.19. The SMILES string of the molecule is CC[C@H]1[C@H](c2ccc(C)cc2)CC(=O)N1c1ccc(OC)cc1.O=C=O. The molecule has 5 nitrogen and oxygen atoms in total. The quantitative estimate of drug-likeness (QED) is 0.840. The number of anilines is 1. The second kappa shape index (κ2) is 8.97. The number of nitrogens with zero attached hydrogens (tertiary/aromatic N) is 1. The van der Waals surface area contributed by atoms with Crippen molar-refractivity contribution in [1.82, 2.24) is 0 Å². The molecule has 136 valence electrons. The zero-order chi connectivity index (χ0) is 19.1. The van der Waals surface area contributed by atoms with E-state index in [1.807, 2.05) is 29.2 Å². The fourth-order valence-corrected chi connectivity index (χ4v) is 3.49. The van der Waals surface area contributed by atoms with Crippen LogP contribution in [0.3, 0.4) is 0 Å². The van der Waals surface area contributed by atoms with E-state index in [2.05, 4.69) is 38.1 Å². The highest BCUT2D eigenvalue weighted by atomic mass is 16.5. The average Bonchev–Trinajstić information content (AvgIpc) is 2.99. The van der Waals surface area contributed by atoms with Gasteiger partial charge in [-0.3, -0.25) is 4.79 Å². The third-order valence-corrected chi connectivity index (χ3v) is 4.73. The van der Waals surface area contributed by atoms with E-state index in [0.717, 1.165) is 17.9 Å². The van der Waals surface area contributed by atoms with Gasteiger partial charge in [0.15, 0.2) is 0 Å². The summed E-state index contributed by atoms with van der Waals surface area (Å²) in [6, 6.07) is 16.5. The highest BCUT2D eigenvalue weighted by Crippen LogP contribution is 2.39. The van der Waals surface area contributed by atoms with Crippen LogP contribution in [0.1, 0.15) is 36.8 Å². The Bertz CT molecular complexity index is 762. The van der Waals surface area contributed by atoms with E-state index in [4.69, 9.17) is 14.3 Å². The topological polar surface area (TPSA) is 63.7 Å². The zero-order valence-corrected chi connectivity index (χ0v) is 15.3. The normalized spacial score (nSPS) is 18.7. The molecule has 1 saturated heterocycles. The summed E-state index contributed by atoms with van der Waals surface area (Å²) in [7, 11) is 1.65. The molecule has 0 radical (unpaired) electrons. The zero-order valence-electron chi connectivity index (χ0n) is 15.3. The predicted octanol–water partition coefficient (Wildman–Crippen LogP) is 3.72. The molecular weight excluding hydrogens is 330 g/mol. The van der Waals surface area contributed by atoms with Gasteiger partial charge in [-0.05, 0) is 43.2 Å². The van der Waals surface area contributed by atoms with Crippen molar-refractivity contribution in [1.29, 1.82) is 0 Å². The molecule has 1 heterocycles. The first kappa shape index (κ1) is 19.4. The summed E-state index contributed by atoms with van der Waals surface area (Å²) >= 11 is 0. The minimum absolute atomic E-state index is 0.201. The number of amides is 1. The lowest BCUT2D eigenvalue weighted by atomic mass is 9.89. The number of methoxy groups -OCH3 is 1. The van der Waals surface area contributed by atoms with Crippen molar-refractivity contribution in [2.24, 2.45) is 0 Å². The number of carbonyl (C=O) groups excluding carboxylic acids is 3. The first-order valence-electron chi connectivity index (χ1n) is 8.57. The molecule has 2 aromatic carbocycles. The molecule has 5 heteroatoms. The number of ether oxygens (including phenoxy) is 1. The smallest absolute Gasteiger partial charge is 0.373 e. The van der Waals surface area contributed by atoms with Crippen molar-refractivity contribution in [3.63, 3.8) is 0 Å². The van der Waals surface area contributed by atoms with Gasteiger partial charge in [-0.1, -0.05) is 36.8 Å². The van der Waals surface area contributed by atoms with Gasteiger partial charge in [0.1, 0.15) is 5.75 Å². The van der Waals surface area contributed by atoms with Crippen molar-refractivity contribution in [3.8, 4) is 5.75 Å². The van der Waals surface area contributed by atoms with Crippen LogP contribution in [0.5, 0.6) is 5.75 Å². The number of aryl methyl sites for hydroxylation is 1. The number of benzene rings is 2. The van der Waals surface area contributed by atoms with Crippen LogP contribution in [0.4, 0.5) is 5.69 Å². The van der Waals surface area contributed by atoms with Crippen molar-refractivity contribution in [2.45, 2.75) is 38.6 Å². The number of carbonyl (C=O) groups is 1. The second-order valence-electron chi connectivity index (χ2n) is 6.24. The maximum Gasteiger partial charge on any atom is 0.373 e. The van der Waals surface area contributed by atoms with Crippen LogP contribution < -0.4 is 9.64 Å². The van der Waals surface area contributed by atoms with Crippen LogP contribution in [0.2, 0.25) is 0 Å². The molecule has 1 aliphatic rings. The van der Waals surface area contributed by atoms with E-state index >= 15 is 0 Å². The van der Waals surface area contributed by atoms with Gasteiger partial charge in [0, 0.05) is 24.1 Å². The molecule has 1 fully saturated rings. The molecular formula is C21H23NO4. The Morgan fingerprint density at radius 3 is 2.15 bits per heavy atom. The van der Waals surface area contributed by atoms with Crippen LogP contribution in [-0.4, -0.2) is 25.2 Å². The van der Waals surface area contributed by atoms with Gasteiger partial charge in [-0.2, -0.15) is 9.59 Å². The Balaban J connectivity index is 0.000000758. The van der Waals surface area contributed by atoms with E-state index in [1.54, 1.807) is 7.11 Å². The summed E-state index contributed by atoms with van der Waals surface area (Å²) in [6.45, 7) is 4.24. The number of hydrogen-bond acceptors (Lipinski definition) is 4. The van der Waals surface area contributed by atoms with Crippen LogP contribution in [0, 0.1) is 6.92 Å². The monoisotopic (exact) mass is 353 g/mol. The molecule has 0 bridgehead atoms. The largest absolute Gasteiger partial charge is 0.497 e. The molecule has 0 spiro atoms. The van der Waals surface area contributed by atoms with Gasteiger partial charge in [-0.15, -0.1) is 0 Å². The summed E-state index contributed by atoms with van der Waals surface area (Å²) in [5, 5.41) is 0. The lowest BCUT2D eigenvalue weighted by Crippen LogP contribution is -2.34. The molecule has 3 rings (SSSR count). The molecule has 0 aliphatic carbocycles. The first-order chi connectivity index (χ1) is 12.5. The minimum atomic E-state index is 0.201. The Kier molecular flexibility index (Phi) is 6.70. The third-order valence-electron chi connectivity index (χ3n) is 4.73. The second-order valence-corrected chi connectivity index (χ2v) is 6.24. The van der Waals surface area contributed by atoms with E-state index in [-0.39, 0.29) is 24.0 Å². The molecule has 2 aromatic rings. The van der Waals surface area contributed by atoms with Gasteiger partial charge >= 0.3 is 6.15 Å². The molecule has 1 aliphatic heterocycles. The van der Waals surface area contributed by atoms with E-state index < -0.39 is 0 Å². The van der Waals surface area contributed by atoms with E-state index in [1.165, 1.54) is 11.1 Å². The van der Waals surface area contributed by atoms with Crippen molar-refractivity contribution in [2.75, 3.05) is 12.0 Å². The van der Waals surface area contributed by atoms with Crippen molar-refractivity contribution >= 4 is 17.7 Å². The predicted molar refractivity (Wildman–Crippen MR) is 98.1 cm³/mol. The van der Waals surface area contributed by atoms with Crippen molar-refractivity contribution < 1.29 is 19.1 Å². The van der Waals surface area contributed by atoms with Gasteiger partial charge in [-0.25, -0.2) is 0 Å². The molecule has 2 atom stereocenters. The van der Waals surface area contributed by atoms with Gasteiger partial charge in [0.05, 0.1) is 7.11 Å². The maximum absolute atomic E-state index is 12.6. The Morgan fingerprint density at radius 2 is 1.65 bits per heavy atom. The molecule has 0 aromatic heterocycles. The fourth-order valence-electron chi connectivity index (χ4n) is 3.49. The number of hydrogen-bond donors (Lipinski definition) is 0. The minimum Gasteiger partial charge on any atom is -0.497 e. The molecule has 0 unspecified atom stereocenters.